The van der Waals surface area contributed by atoms with Crippen LogP contribution >= 0.6 is 0 Å². The van der Waals surface area contributed by atoms with Crippen LogP contribution in [-0.2, 0) is 33.4 Å². The first kappa shape index (κ1) is 33.6. The Morgan fingerprint density at radius 1 is 1.06 bits per heavy atom. The maximum absolute atomic E-state index is 14.8. The van der Waals surface area contributed by atoms with Gasteiger partial charge in [-0.3, -0.25) is 19.2 Å². The van der Waals surface area contributed by atoms with Crippen LogP contribution in [0.1, 0.15) is 42.6 Å². The van der Waals surface area contributed by atoms with Gasteiger partial charge in [0, 0.05) is 25.8 Å². The van der Waals surface area contributed by atoms with Crippen molar-refractivity contribution in [3.05, 3.63) is 89.5 Å². The number of carbonyl (C=O) groups excluding carboxylic acids is 4. The Hall–Kier alpha value is -4.32. The minimum Gasteiger partial charge on any atom is -0.455 e. The molecule has 48 heavy (non-hydrogen) atoms. The maximum atomic E-state index is 14.8. The van der Waals surface area contributed by atoms with Crippen LogP contribution in [0, 0.1) is 25.7 Å². The molecule has 2 saturated heterocycles. The number of aliphatic hydroxyl groups excluding tert-OH is 1. The van der Waals surface area contributed by atoms with Crippen LogP contribution in [0.2, 0.25) is 0 Å². The number of amides is 3. The third kappa shape index (κ3) is 5.84. The minimum absolute atomic E-state index is 0.0701. The van der Waals surface area contributed by atoms with Gasteiger partial charge in [0.05, 0.1) is 37.3 Å². The zero-order valence-corrected chi connectivity index (χ0v) is 27.7. The quantitative estimate of drug-likeness (QED) is 0.358. The normalized spacial score (nSPS) is 31.9. The number of fused-ring (bicyclic) bond motifs is 2. The lowest BCUT2D eigenvalue weighted by atomic mass is 9.77. The van der Waals surface area contributed by atoms with Gasteiger partial charge >= 0.3 is 5.97 Å². The molecule has 0 aliphatic carbocycles. The molecule has 2 aromatic carbocycles. The molecule has 11 nitrogen and oxygen atoms in total. The zero-order valence-electron chi connectivity index (χ0n) is 27.7. The predicted molar refractivity (Wildman–Crippen MR) is 177 cm³/mol. The highest BCUT2D eigenvalue weighted by Crippen LogP contribution is 2.54. The molecule has 11 heteroatoms. The van der Waals surface area contributed by atoms with Crippen molar-refractivity contribution in [1.29, 1.82) is 0 Å². The van der Waals surface area contributed by atoms with Crippen LogP contribution in [0.25, 0.3) is 0 Å². The summed E-state index contributed by atoms with van der Waals surface area (Å²) in [6, 6.07) is 12.3. The lowest BCUT2D eigenvalue weighted by molar-refractivity contribution is -0.162. The first-order valence-electron chi connectivity index (χ1n) is 16.5. The van der Waals surface area contributed by atoms with Crippen molar-refractivity contribution < 1.29 is 38.5 Å². The van der Waals surface area contributed by atoms with E-state index in [1.165, 1.54) is 12.0 Å². The van der Waals surface area contributed by atoms with Gasteiger partial charge in [-0.2, -0.15) is 0 Å². The summed E-state index contributed by atoms with van der Waals surface area (Å²) in [4.78, 5) is 59.9. The molecule has 0 aromatic heterocycles. The molecule has 1 spiro atoms. The Kier molecular flexibility index (Phi) is 9.55. The molecule has 0 bridgehead atoms. The summed E-state index contributed by atoms with van der Waals surface area (Å²) in [7, 11) is 1.50. The van der Waals surface area contributed by atoms with Gasteiger partial charge < -0.3 is 34.4 Å². The second-order valence-corrected chi connectivity index (χ2v) is 13.1. The molecule has 3 amide bonds. The van der Waals surface area contributed by atoms with E-state index in [9.17, 15) is 24.3 Å². The molecule has 254 valence electrons. The van der Waals surface area contributed by atoms with E-state index in [1.54, 1.807) is 42.2 Å². The molecule has 6 rings (SSSR count). The number of methoxy groups -OCH3 is 1. The van der Waals surface area contributed by atoms with Crippen LogP contribution in [0.5, 0.6) is 0 Å². The highest BCUT2D eigenvalue weighted by molar-refractivity contribution is 6.06. The number of rotatable bonds is 6. The third-order valence-electron chi connectivity index (χ3n) is 9.89. The molecular formula is C37H43N3O8. The Morgan fingerprint density at radius 3 is 2.56 bits per heavy atom. The number of aryl methyl sites for hydroxylation is 2. The summed E-state index contributed by atoms with van der Waals surface area (Å²) in [5, 5.41) is 13.3. The van der Waals surface area contributed by atoms with Gasteiger partial charge in [0.2, 0.25) is 11.8 Å². The number of hydrogen-bond acceptors (Lipinski definition) is 8. The van der Waals surface area contributed by atoms with Crippen LogP contribution in [0.4, 0.5) is 5.69 Å². The number of cyclic esters (lactones) is 1. The van der Waals surface area contributed by atoms with Gasteiger partial charge in [-0.15, -0.1) is 0 Å². The molecule has 0 saturated carbocycles. The van der Waals surface area contributed by atoms with E-state index in [0.29, 0.717) is 17.7 Å². The first-order valence-corrected chi connectivity index (χ1v) is 16.5. The zero-order chi connectivity index (χ0) is 34.2. The number of nitrogens with zero attached hydrogens (tertiary/aromatic N) is 2. The highest BCUT2D eigenvalue weighted by atomic mass is 16.6. The first-order chi connectivity index (χ1) is 23.1. The lowest BCUT2D eigenvalue weighted by Crippen LogP contribution is -2.57. The number of carbonyl (C=O) groups is 4. The molecule has 8 atom stereocenters. The van der Waals surface area contributed by atoms with Crippen molar-refractivity contribution in [2.24, 2.45) is 11.8 Å². The van der Waals surface area contributed by atoms with E-state index in [4.69, 9.17) is 14.2 Å². The number of hydrogen-bond donors (Lipinski definition) is 2. The molecule has 2 fully saturated rings. The average molecular weight is 658 g/mol. The number of aliphatic hydroxyl groups is 1. The molecule has 4 heterocycles. The summed E-state index contributed by atoms with van der Waals surface area (Å²) in [5.74, 6) is -4.00. The van der Waals surface area contributed by atoms with Crippen molar-refractivity contribution in [2.45, 2.75) is 69.5 Å². The Bertz CT molecular complexity index is 1630. The third-order valence-corrected chi connectivity index (χ3v) is 9.89. The van der Waals surface area contributed by atoms with Crippen molar-refractivity contribution in [2.75, 3.05) is 31.8 Å². The summed E-state index contributed by atoms with van der Waals surface area (Å²) in [6.07, 6.45) is 5.72. The number of ether oxygens (including phenoxy) is 3. The van der Waals surface area contributed by atoms with Crippen LogP contribution < -0.4 is 10.2 Å². The van der Waals surface area contributed by atoms with Crippen molar-refractivity contribution in [3.8, 4) is 0 Å². The smallest absolute Gasteiger partial charge is 0.313 e. The summed E-state index contributed by atoms with van der Waals surface area (Å²) < 4.78 is 18.5. The van der Waals surface area contributed by atoms with Gasteiger partial charge in [-0.05, 0) is 49.9 Å². The maximum Gasteiger partial charge on any atom is 0.313 e. The Balaban J connectivity index is 1.46. The molecule has 4 aliphatic rings. The van der Waals surface area contributed by atoms with E-state index in [2.05, 4.69) is 5.32 Å². The fourth-order valence-corrected chi connectivity index (χ4v) is 7.62. The Labute approximate surface area is 280 Å². The SMILES string of the molecule is COC[C@@H]1NC(=O)CC/C=C\[C@@H]2O[C@@]34C=CCN(c5cc(C)ccc5C)C(=O)[C@@H]3N([C@H](C)CO)C(=O)[C@H]4[C@@H]2C(=O)O[C@H]1c1ccccc1. The summed E-state index contributed by atoms with van der Waals surface area (Å²) in [6.45, 7) is 5.46. The molecule has 2 aromatic rings. The molecule has 0 unspecified atom stereocenters. The lowest BCUT2D eigenvalue weighted by Gasteiger charge is -2.37. The van der Waals surface area contributed by atoms with E-state index >= 15 is 0 Å². The second-order valence-electron chi connectivity index (χ2n) is 13.1. The van der Waals surface area contributed by atoms with Crippen molar-refractivity contribution >= 4 is 29.4 Å². The van der Waals surface area contributed by atoms with Gasteiger partial charge in [-0.25, -0.2) is 0 Å². The number of esters is 1. The van der Waals surface area contributed by atoms with Crippen LogP contribution in [0.3, 0.4) is 0 Å². The van der Waals surface area contributed by atoms with Gasteiger partial charge in [0.15, 0.2) is 0 Å². The van der Waals surface area contributed by atoms with Gasteiger partial charge in [0.1, 0.15) is 23.7 Å². The number of benzene rings is 2. The van der Waals surface area contributed by atoms with E-state index in [1.807, 2.05) is 56.3 Å². The summed E-state index contributed by atoms with van der Waals surface area (Å²) >= 11 is 0. The van der Waals surface area contributed by atoms with Gasteiger partial charge in [-0.1, -0.05) is 66.8 Å². The van der Waals surface area contributed by atoms with E-state index in [-0.39, 0.29) is 31.4 Å². The number of allylic oxidation sites excluding steroid dienone is 1. The number of anilines is 1. The number of nitrogens with one attached hydrogen (secondary N) is 1. The molecule has 2 N–H and O–H groups in total. The molecule has 4 aliphatic heterocycles. The Morgan fingerprint density at radius 2 is 1.83 bits per heavy atom. The fourth-order valence-electron chi connectivity index (χ4n) is 7.62. The topological polar surface area (TPSA) is 135 Å². The van der Waals surface area contributed by atoms with Crippen molar-refractivity contribution in [1.82, 2.24) is 10.2 Å². The monoisotopic (exact) mass is 657 g/mol. The summed E-state index contributed by atoms with van der Waals surface area (Å²) in [5.41, 5.74) is 1.70. The molecular weight excluding hydrogens is 614 g/mol. The highest BCUT2D eigenvalue weighted by Gasteiger charge is 2.72. The standard InChI is InChI=1S/C37H43N3O8/c1-22-15-16-23(2)27(19-22)39-18-10-17-37-31(34(43)40(24(3)20-41)33(37)35(39)44)30-28(48-37)13-8-9-14-29(42)38-26(21-46-4)32(47-36(30)45)25-11-6-5-7-12-25/h5-8,10-13,15-17,19,24,26,28,30-33,41H,9,14,18,20-21H2,1-4H3,(H,38,42)/b13-8-/t24-,26+,28+,30-,31-,32+,33+,37-/m1/s1. The molecule has 0 radical (unpaired) electrons. The van der Waals surface area contributed by atoms with Crippen LogP contribution in [-0.4, -0.2) is 90.4 Å². The number of likely N-dealkylation sites (tertiary alicyclic amines) is 1. The van der Waals surface area contributed by atoms with Crippen LogP contribution in [0.15, 0.2) is 72.8 Å². The van der Waals surface area contributed by atoms with E-state index in [0.717, 1.165) is 11.1 Å². The predicted octanol–water partition coefficient (Wildman–Crippen LogP) is 2.93. The van der Waals surface area contributed by atoms with Crippen molar-refractivity contribution in [3.63, 3.8) is 0 Å². The largest absolute Gasteiger partial charge is 0.455 e. The second kappa shape index (κ2) is 13.7. The fraction of sp³-hybridized carbons (Fsp3) is 0.459. The average Bonchev–Trinajstić information content (AvgIpc) is 3.47. The van der Waals surface area contributed by atoms with E-state index < -0.39 is 66.3 Å². The van der Waals surface area contributed by atoms with Gasteiger partial charge in [0.25, 0.3) is 5.91 Å². The minimum atomic E-state index is -1.52.